The molecule has 1 saturated heterocycles. The van der Waals surface area contributed by atoms with Gasteiger partial charge in [-0.2, -0.15) is 5.26 Å². The van der Waals surface area contributed by atoms with Crippen LogP contribution in [0.5, 0.6) is 0 Å². The van der Waals surface area contributed by atoms with E-state index in [1.54, 1.807) is 0 Å². The number of hydrogen-bond donors (Lipinski definition) is 2. The van der Waals surface area contributed by atoms with Crippen LogP contribution in [-0.2, 0) is 9.53 Å². The third kappa shape index (κ3) is 4.40. The molecule has 2 unspecified atom stereocenters. The van der Waals surface area contributed by atoms with Crippen molar-refractivity contribution in [1.82, 2.24) is 10.2 Å². The average Bonchev–Trinajstić information content (AvgIpc) is 2.47. The lowest BCUT2D eigenvalue weighted by atomic mass is 9.83. The minimum absolute atomic E-state index is 0.00306. The van der Waals surface area contributed by atoms with E-state index in [0.717, 1.165) is 32.1 Å². The standard InChI is InChI=1S/C15H25N3O3/c1-12-7-18(8-13(10-19)21-12)9-14(20)17-15(11-16)5-3-2-4-6-15/h12-13,19H,2-10H2,1H3,(H,17,20). The highest BCUT2D eigenvalue weighted by Crippen LogP contribution is 2.27. The lowest BCUT2D eigenvalue weighted by Crippen LogP contribution is -2.55. The van der Waals surface area contributed by atoms with Gasteiger partial charge in [0.05, 0.1) is 31.4 Å². The summed E-state index contributed by atoms with van der Waals surface area (Å²) in [6.07, 6.45) is 4.38. The molecule has 2 atom stereocenters. The van der Waals surface area contributed by atoms with Crippen LogP contribution >= 0.6 is 0 Å². The summed E-state index contributed by atoms with van der Waals surface area (Å²) in [5.74, 6) is -0.107. The predicted molar refractivity (Wildman–Crippen MR) is 77.4 cm³/mol. The van der Waals surface area contributed by atoms with Crippen molar-refractivity contribution in [1.29, 1.82) is 5.26 Å². The monoisotopic (exact) mass is 295 g/mol. The number of nitrogens with zero attached hydrogens (tertiary/aromatic N) is 2. The fourth-order valence-corrected chi connectivity index (χ4v) is 3.30. The molecule has 2 rings (SSSR count). The first-order valence-electron chi connectivity index (χ1n) is 7.78. The van der Waals surface area contributed by atoms with E-state index < -0.39 is 5.54 Å². The SMILES string of the molecule is CC1CN(CC(=O)NC2(C#N)CCCCC2)CC(CO)O1. The average molecular weight is 295 g/mol. The molecule has 6 nitrogen and oxygen atoms in total. The van der Waals surface area contributed by atoms with Gasteiger partial charge >= 0.3 is 0 Å². The van der Waals surface area contributed by atoms with E-state index in [4.69, 9.17) is 4.74 Å². The topological polar surface area (TPSA) is 85.6 Å². The molecular weight excluding hydrogens is 270 g/mol. The molecule has 1 amide bonds. The first kappa shape index (κ1) is 16.2. The minimum Gasteiger partial charge on any atom is -0.394 e. The van der Waals surface area contributed by atoms with Gasteiger partial charge in [-0.15, -0.1) is 0 Å². The quantitative estimate of drug-likeness (QED) is 0.784. The van der Waals surface area contributed by atoms with E-state index in [2.05, 4.69) is 11.4 Å². The van der Waals surface area contributed by atoms with Crippen molar-refractivity contribution in [2.45, 2.75) is 56.8 Å². The van der Waals surface area contributed by atoms with Crippen molar-refractivity contribution in [3.8, 4) is 6.07 Å². The van der Waals surface area contributed by atoms with Crippen LogP contribution < -0.4 is 5.32 Å². The highest BCUT2D eigenvalue weighted by atomic mass is 16.5. The third-order valence-electron chi connectivity index (χ3n) is 4.27. The molecule has 1 saturated carbocycles. The third-order valence-corrected chi connectivity index (χ3v) is 4.27. The Bertz CT molecular complexity index is 401. The second kappa shape index (κ2) is 7.21. The Morgan fingerprint density at radius 2 is 2.14 bits per heavy atom. The molecule has 21 heavy (non-hydrogen) atoms. The number of aliphatic hydroxyl groups excluding tert-OH is 1. The number of rotatable bonds is 4. The number of hydrogen-bond acceptors (Lipinski definition) is 5. The van der Waals surface area contributed by atoms with E-state index in [9.17, 15) is 15.2 Å². The summed E-state index contributed by atoms with van der Waals surface area (Å²) < 4.78 is 5.56. The molecule has 1 aliphatic heterocycles. The Balaban J connectivity index is 1.87. The van der Waals surface area contributed by atoms with Crippen molar-refractivity contribution in [3.05, 3.63) is 0 Å². The molecule has 0 aromatic rings. The first-order valence-corrected chi connectivity index (χ1v) is 7.78. The van der Waals surface area contributed by atoms with Crippen molar-refractivity contribution in [3.63, 3.8) is 0 Å². The van der Waals surface area contributed by atoms with Crippen molar-refractivity contribution in [2.75, 3.05) is 26.2 Å². The lowest BCUT2D eigenvalue weighted by molar-refractivity contribution is -0.130. The van der Waals surface area contributed by atoms with Crippen molar-refractivity contribution >= 4 is 5.91 Å². The summed E-state index contributed by atoms with van der Waals surface area (Å²) in [6, 6.07) is 2.30. The molecule has 118 valence electrons. The Kier molecular flexibility index (Phi) is 5.57. The molecule has 1 aliphatic carbocycles. The second-order valence-corrected chi connectivity index (χ2v) is 6.25. The Hall–Kier alpha value is -1.16. The molecule has 6 heteroatoms. The number of ether oxygens (including phenoxy) is 1. The summed E-state index contributed by atoms with van der Waals surface area (Å²) in [5, 5.41) is 21.5. The van der Waals surface area contributed by atoms with Gasteiger partial charge in [0, 0.05) is 13.1 Å². The van der Waals surface area contributed by atoms with Crippen LogP contribution in [0.4, 0.5) is 0 Å². The highest BCUT2D eigenvalue weighted by molar-refractivity contribution is 5.79. The lowest BCUT2D eigenvalue weighted by Gasteiger charge is -2.37. The maximum Gasteiger partial charge on any atom is 0.235 e. The van der Waals surface area contributed by atoms with Gasteiger partial charge in [0.1, 0.15) is 5.54 Å². The molecule has 1 heterocycles. The summed E-state index contributed by atoms with van der Waals surface area (Å²) in [7, 11) is 0. The van der Waals surface area contributed by atoms with Gasteiger partial charge in [0.2, 0.25) is 5.91 Å². The summed E-state index contributed by atoms with van der Waals surface area (Å²) >= 11 is 0. The van der Waals surface area contributed by atoms with Crippen LogP contribution in [0.1, 0.15) is 39.0 Å². The Morgan fingerprint density at radius 3 is 2.76 bits per heavy atom. The molecule has 2 aliphatic rings. The van der Waals surface area contributed by atoms with Crippen LogP contribution in [0.2, 0.25) is 0 Å². The molecule has 0 aromatic carbocycles. The van der Waals surface area contributed by atoms with Crippen LogP contribution in [0.25, 0.3) is 0 Å². The van der Waals surface area contributed by atoms with Gasteiger partial charge < -0.3 is 15.2 Å². The first-order chi connectivity index (χ1) is 10.1. The van der Waals surface area contributed by atoms with Crippen LogP contribution in [0, 0.1) is 11.3 Å². The van der Waals surface area contributed by atoms with E-state index in [1.807, 2.05) is 11.8 Å². The summed E-state index contributed by atoms with van der Waals surface area (Å²) in [5.41, 5.74) is -0.677. The molecule has 2 fully saturated rings. The van der Waals surface area contributed by atoms with Crippen molar-refractivity contribution in [2.24, 2.45) is 0 Å². The molecule has 0 spiro atoms. The smallest absolute Gasteiger partial charge is 0.235 e. The number of aliphatic hydroxyl groups is 1. The number of amides is 1. The number of morpholine rings is 1. The summed E-state index contributed by atoms with van der Waals surface area (Å²) in [6.45, 7) is 3.38. The molecule has 0 bridgehead atoms. The zero-order valence-electron chi connectivity index (χ0n) is 12.7. The van der Waals surface area contributed by atoms with Crippen LogP contribution in [-0.4, -0.2) is 59.9 Å². The zero-order valence-corrected chi connectivity index (χ0v) is 12.7. The van der Waals surface area contributed by atoms with Gasteiger partial charge in [-0.05, 0) is 19.8 Å². The second-order valence-electron chi connectivity index (χ2n) is 6.25. The van der Waals surface area contributed by atoms with Crippen molar-refractivity contribution < 1.29 is 14.6 Å². The predicted octanol–water partition coefficient (Wildman–Crippen LogP) is 0.411. The van der Waals surface area contributed by atoms with E-state index in [1.165, 1.54) is 0 Å². The maximum absolute atomic E-state index is 12.2. The number of carbonyl (C=O) groups excluding carboxylic acids is 1. The number of carbonyl (C=O) groups is 1. The van der Waals surface area contributed by atoms with Gasteiger partial charge in [-0.3, -0.25) is 9.69 Å². The summed E-state index contributed by atoms with van der Waals surface area (Å²) in [4.78, 5) is 14.2. The molecule has 0 aromatic heterocycles. The minimum atomic E-state index is -0.677. The van der Waals surface area contributed by atoms with Gasteiger partial charge in [-0.25, -0.2) is 0 Å². The van der Waals surface area contributed by atoms with Crippen LogP contribution in [0.15, 0.2) is 0 Å². The zero-order chi connectivity index (χ0) is 15.3. The fourth-order valence-electron chi connectivity index (χ4n) is 3.30. The molecule has 2 N–H and O–H groups in total. The van der Waals surface area contributed by atoms with E-state index in [0.29, 0.717) is 13.1 Å². The van der Waals surface area contributed by atoms with Gasteiger partial charge in [0.25, 0.3) is 0 Å². The molecule has 0 radical (unpaired) electrons. The van der Waals surface area contributed by atoms with E-state index >= 15 is 0 Å². The fraction of sp³-hybridized carbons (Fsp3) is 0.867. The largest absolute Gasteiger partial charge is 0.394 e. The Labute approximate surface area is 126 Å². The maximum atomic E-state index is 12.2. The normalized spacial score (nSPS) is 29.6. The van der Waals surface area contributed by atoms with Gasteiger partial charge in [0.15, 0.2) is 0 Å². The molecular formula is C15H25N3O3. The van der Waals surface area contributed by atoms with E-state index in [-0.39, 0.29) is 31.3 Å². The van der Waals surface area contributed by atoms with Crippen LogP contribution in [0.3, 0.4) is 0 Å². The number of nitriles is 1. The Morgan fingerprint density at radius 1 is 1.43 bits per heavy atom. The number of nitrogens with one attached hydrogen (secondary N) is 1. The van der Waals surface area contributed by atoms with Gasteiger partial charge in [-0.1, -0.05) is 19.3 Å². The highest BCUT2D eigenvalue weighted by Gasteiger charge is 2.34.